The molecule has 0 saturated heterocycles. The first-order chi connectivity index (χ1) is 16.0. The monoisotopic (exact) mass is 449 g/mol. The molecular weight excluding hydrogens is 414 g/mol. The number of furan rings is 1. The van der Waals surface area contributed by atoms with Crippen LogP contribution in [0.4, 0.5) is 11.8 Å². The van der Waals surface area contributed by atoms with E-state index < -0.39 is 0 Å². The summed E-state index contributed by atoms with van der Waals surface area (Å²) in [6.07, 6.45) is 7.46. The van der Waals surface area contributed by atoms with Crippen LogP contribution in [0, 0.1) is 25.7 Å². The number of anilines is 2. The van der Waals surface area contributed by atoms with Gasteiger partial charge in [-0.05, 0) is 70.8 Å². The highest BCUT2D eigenvalue weighted by atomic mass is 16.5. The van der Waals surface area contributed by atoms with Crippen molar-refractivity contribution < 1.29 is 9.15 Å². The fourth-order valence-electron chi connectivity index (χ4n) is 4.90. The first kappa shape index (κ1) is 22.0. The molecule has 2 saturated carbocycles. The molecule has 0 radical (unpaired) electrons. The van der Waals surface area contributed by atoms with Gasteiger partial charge < -0.3 is 19.8 Å². The van der Waals surface area contributed by atoms with Gasteiger partial charge in [-0.1, -0.05) is 13.3 Å². The summed E-state index contributed by atoms with van der Waals surface area (Å²) in [6.45, 7) is 9.77. The Hall–Kier alpha value is -2.83. The number of hydrogen-bond donors (Lipinski definition) is 2. The van der Waals surface area contributed by atoms with Gasteiger partial charge in [0.05, 0.1) is 23.6 Å². The molecule has 0 amide bonds. The first-order valence-corrected chi connectivity index (χ1v) is 12.5. The number of aryl methyl sites for hydroxylation is 2. The highest BCUT2D eigenvalue weighted by molar-refractivity contribution is 5.88. The number of ether oxygens (including phenoxy) is 1. The second-order valence-corrected chi connectivity index (χ2v) is 9.62. The van der Waals surface area contributed by atoms with Gasteiger partial charge in [-0.3, -0.25) is 0 Å². The highest BCUT2D eigenvalue weighted by Gasteiger charge is 2.27. The maximum Gasteiger partial charge on any atom is 0.224 e. The third kappa shape index (κ3) is 4.77. The van der Waals surface area contributed by atoms with Crippen LogP contribution in [0.15, 0.2) is 16.5 Å². The molecule has 7 heteroatoms. The minimum atomic E-state index is 0.427. The largest absolute Gasteiger partial charge is 0.478 e. The molecule has 0 spiro atoms. The number of pyridine rings is 1. The average molecular weight is 450 g/mol. The van der Waals surface area contributed by atoms with Crippen LogP contribution >= 0.6 is 0 Å². The number of fused-ring (bicyclic) bond motifs is 1. The SMILES string of the molecule is CCOc1cc2cc(-c3c(C)nc(NCC4CC4)nc3NC3CCC(CC)C3)oc2c(C)n1. The molecule has 7 nitrogen and oxygen atoms in total. The van der Waals surface area contributed by atoms with Gasteiger partial charge in [-0.25, -0.2) is 9.97 Å². The van der Waals surface area contributed by atoms with Crippen molar-refractivity contribution in [2.45, 2.75) is 72.3 Å². The topological polar surface area (TPSA) is 85.1 Å². The van der Waals surface area contributed by atoms with Gasteiger partial charge in [0.25, 0.3) is 0 Å². The minimum absolute atomic E-state index is 0.427. The maximum absolute atomic E-state index is 6.34. The number of nitrogens with one attached hydrogen (secondary N) is 2. The number of rotatable bonds is 9. The molecular formula is C26H35N5O2. The zero-order valence-electron chi connectivity index (χ0n) is 20.2. The van der Waals surface area contributed by atoms with Gasteiger partial charge in [0.15, 0.2) is 5.58 Å². The van der Waals surface area contributed by atoms with E-state index >= 15 is 0 Å². The number of nitrogens with zero attached hydrogens (tertiary/aromatic N) is 3. The van der Waals surface area contributed by atoms with Crippen molar-refractivity contribution in [2.75, 3.05) is 23.8 Å². The number of hydrogen-bond acceptors (Lipinski definition) is 7. The van der Waals surface area contributed by atoms with Gasteiger partial charge in [0.1, 0.15) is 11.6 Å². The van der Waals surface area contributed by atoms with Crippen molar-refractivity contribution in [3.8, 4) is 17.2 Å². The first-order valence-electron chi connectivity index (χ1n) is 12.5. The molecule has 2 N–H and O–H groups in total. The zero-order valence-corrected chi connectivity index (χ0v) is 20.2. The summed E-state index contributed by atoms with van der Waals surface area (Å²) in [5, 5.41) is 8.19. The maximum atomic E-state index is 6.34. The smallest absolute Gasteiger partial charge is 0.224 e. The van der Waals surface area contributed by atoms with E-state index in [1.807, 2.05) is 26.8 Å². The van der Waals surface area contributed by atoms with E-state index in [0.717, 1.165) is 57.9 Å². The summed E-state index contributed by atoms with van der Waals surface area (Å²) in [7, 11) is 0. The van der Waals surface area contributed by atoms with Crippen molar-refractivity contribution >= 4 is 22.7 Å². The van der Waals surface area contributed by atoms with Crippen molar-refractivity contribution in [3.05, 3.63) is 23.5 Å². The number of aromatic nitrogens is 3. The Morgan fingerprint density at radius 1 is 1.00 bits per heavy atom. The lowest BCUT2D eigenvalue weighted by Crippen LogP contribution is -2.19. The summed E-state index contributed by atoms with van der Waals surface area (Å²) in [4.78, 5) is 14.3. The Bertz CT molecular complexity index is 1140. The van der Waals surface area contributed by atoms with E-state index in [2.05, 4.69) is 28.6 Å². The van der Waals surface area contributed by atoms with Crippen LogP contribution in [0.1, 0.15) is 63.8 Å². The molecule has 0 aromatic carbocycles. The second-order valence-electron chi connectivity index (χ2n) is 9.62. The summed E-state index contributed by atoms with van der Waals surface area (Å²) >= 11 is 0. The molecule has 3 aromatic rings. The van der Waals surface area contributed by atoms with Crippen LogP contribution in [0.2, 0.25) is 0 Å². The zero-order chi connectivity index (χ0) is 22.9. The predicted octanol–water partition coefficient (Wildman–Crippen LogP) is 6.11. The molecule has 2 fully saturated rings. The van der Waals surface area contributed by atoms with Crippen molar-refractivity contribution in [1.82, 2.24) is 15.0 Å². The fourth-order valence-corrected chi connectivity index (χ4v) is 4.90. The molecule has 3 heterocycles. The quantitative estimate of drug-likeness (QED) is 0.407. The highest BCUT2D eigenvalue weighted by Crippen LogP contribution is 2.38. The molecule has 3 aromatic heterocycles. The molecule has 2 aliphatic carbocycles. The van der Waals surface area contributed by atoms with Crippen molar-refractivity contribution in [1.29, 1.82) is 0 Å². The fraction of sp³-hybridized carbons (Fsp3) is 0.577. The van der Waals surface area contributed by atoms with E-state index in [1.54, 1.807) is 0 Å². The van der Waals surface area contributed by atoms with E-state index in [-0.39, 0.29) is 0 Å². The van der Waals surface area contributed by atoms with E-state index in [0.29, 0.717) is 24.5 Å². The molecule has 0 aliphatic heterocycles. The summed E-state index contributed by atoms with van der Waals surface area (Å²) in [5.41, 5.74) is 3.44. The van der Waals surface area contributed by atoms with Crippen LogP contribution in [-0.2, 0) is 0 Å². The summed E-state index contributed by atoms with van der Waals surface area (Å²) < 4.78 is 12.0. The normalized spacial score (nSPS) is 20.4. The molecule has 0 bridgehead atoms. The molecule has 33 heavy (non-hydrogen) atoms. The Labute approximate surface area is 195 Å². The third-order valence-electron chi connectivity index (χ3n) is 6.98. The van der Waals surface area contributed by atoms with Gasteiger partial charge in [0, 0.05) is 24.0 Å². The third-order valence-corrected chi connectivity index (χ3v) is 6.98. The Morgan fingerprint density at radius 3 is 2.55 bits per heavy atom. The minimum Gasteiger partial charge on any atom is -0.478 e. The van der Waals surface area contributed by atoms with Crippen molar-refractivity contribution in [2.24, 2.45) is 11.8 Å². The van der Waals surface area contributed by atoms with Gasteiger partial charge in [-0.15, -0.1) is 0 Å². The average Bonchev–Trinajstić information content (AvgIpc) is 3.34. The van der Waals surface area contributed by atoms with Crippen LogP contribution < -0.4 is 15.4 Å². The lowest BCUT2D eigenvalue weighted by Gasteiger charge is -2.18. The predicted molar refractivity (Wildman–Crippen MR) is 132 cm³/mol. The molecule has 2 aliphatic rings. The van der Waals surface area contributed by atoms with Crippen LogP contribution in [0.3, 0.4) is 0 Å². The van der Waals surface area contributed by atoms with Crippen LogP contribution in [0.5, 0.6) is 5.88 Å². The molecule has 5 rings (SSSR count). The van der Waals surface area contributed by atoms with Gasteiger partial charge >= 0.3 is 0 Å². The molecule has 176 valence electrons. The molecule has 2 unspecified atom stereocenters. The second kappa shape index (κ2) is 9.20. The van der Waals surface area contributed by atoms with E-state index in [9.17, 15) is 0 Å². The van der Waals surface area contributed by atoms with Crippen LogP contribution in [0.25, 0.3) is 22.3 Å². The lowest BCUT2D eigenvalue weighted by atomic mass is 10.1. The van der Waals surface area contributed by atoms with Crippen LogP contribution in [-0.4, -0.2) is 34.1 Å². The Kier molecular flexibility index (Phi) is 6.13. The Balaban J connectivity index is 1.52. The van der Waals surface area contributed by atoms with Gasteiger partial charge in [0.2, 0.25) is 11.8 Å². The van der Waals surface area contributed by atoms with Crippen molar-refractivity contribution in [3.63, 3.8) is 0 Å². The summed E-state index contributed by atoms with van der Waals surface area (Å²) in [5.74, 6) is 4.49. The van der Waals surface area contributed by atoms with E-state index in [1.165, 1.54) is 38.5 Å². The summed E-state index contributed by atoms with van der Waals surface area (Å²) in [6, 6.07) is 4.43. The standard InChI is InChI=1S/C26H35N5O2/c1-5-17-9-10-20(11-17)30-25-23(15(3)29-26(31-25)27-14-18-7-8-18)21-12-19-13-22(32-6-2)28-16(4)24(19)33-21/h12-13,17-18,20H,5-11,14H2,1-4H3,(H2,27,29,30,31). The lowest BCUT2D eigenvalue weighted by molar-refractivity contribution is 0.326. The molecule has 2 atom stereocenters. The van der Waals surface area contributed by atoms with E-state index in [4.69, 9.17) is 19.1 Å². The Morgan fingerprint density at radius 2 is 1.82 bits per heavy atom. The van der Waals surface area contributed by atoms with Gasteiger partial charge in [-0.2, -0.15) is 4.98 Å².